The van der Waals surface area contributed by atoms with Crippen LogP contribution in [0.1, 0.15) is 11.1 Å². The van der Waals surface area contributed by atoms with Gasteiger partial charge >= 0.3 is 0 Å². The molecule has 2 aromatic rings. The Morgan fingerprint density at radius 2 is 1.78 bits per heavy atom. The summed E-state index contributed by atoms with van der Waals surface area (Å²) in [5, 5.41) is 13.4. The average molecular weight is 327 g/mol. The van der Waals surface area contributed by atoms with E-state index in [2.05, 4.69) is 33.4 Å². The van der Waals surface area contributed by atoms with Gasteiger partial charge in [-0.3, -0.25) is 0 Å². The number of phenolic OH excluding ortho intramolecular Hbond substituents is 1. The predicted octanol–water partition coefficient (Wildman–Crippen LogP) is 4.10. The molecule has 0 heterocycles. The Bertz CT molecular complexity index is 528. The zero-order chi connectivity index (χ0) is 13.0. The predicted molar refractivity (Wildman–Crippen MR) is 77.8 cm³/mol. The van der Waals surface area contributed by atoms with Gasteiger partial charge in [-0.25, -0.2) is 0 Å². The van der Waals surface area contributed by atoms with Gasteiger partial charge in [0.25, 0.3) is 0 Å². The van der Waals surface area contributed by atoms with E-state index in [0.717, 1.165) is 16.6 Å². The summed E-state index contributed by atoms with van der Waals surface area (Å²) in [7, 11) is 0. The molecular weight excluding hydrogens is 314 g/mol. The van der Waals surface area contributed by atoms with Crippen molar-refractivity contribution >= 4 is 27.5 Å². The van der Waals surface area contributed by atoms with Crippen LogP contribution in [0.5, 0.6) is 5.75 Å². The average Bonchev–Trinajstić information content (AvgIpc) is 2.37. The van der Waals surface area contributed by atoms with Crippen LogP contribution in [0.15, 0.2) is 46.9 Å². The first-order chi connectivity index (χ1) is 8.66. The summed E-state index contributed by atoms with van der Waals surface area (Å²) in [6.45, 7) is 1.34. The highest BCUT2D eigenvalue weighted by molar-refractivity contribution is 9.10. The molecule has 2 N–H and O–H groups in total. The van der Waals surface area contributed by atoms with Crippen molar-refractivity contribution in [3.05, 3.63) is 63.1 Å². The number of phenols is 1. The highest BCUT2D eigenvalue weighted by Crippen LogP contribution is 2.26. The monoisotopic (exact) mass is 325 g/mol. The fraction of sp³-hybridized carbons (Fsp3) is 0.143. The maximum Gasteiger partial charge on any atom is 0.138 e. The van der Waals surface area contributed by atoms with Crippen LogP contribution in [-0.2, 0) is 13.1 Å². The number of hydrogen-bond donors (Lipinski definition) is 2. The van der Waals surface area contributed by atoms with Gasteiger partial charge in [0.2, 0.25) is 0 Å². The number of hydrogen-bond acceptors (Lipinski definition) is 2. The molecule has 0 bridgehead atoms. The van der Waals surface area contributed by atoms with Gasteiger partial charge in [-0.1, -0.05) is 51.8 Å². The number of nitrogens with one attached hydrogen (secondary N) is 1. The highest BCUT2D eigenvalue weighted by Gasteiger charge is 2.04. The standard InChI is InChI=1S/C14H13BrClNO/c15-12-6-4-10(5-7-12)8-17-9-11-2-1-3-13(16)14(11)18/h1-7,17-18H,8-9H2. The third kappa shape index (κ3) is 3.48. The zero-order valence-electron chi connectivity index (χ0n) is 9.66. The Labute approximate surface area is 120 Å². The van der Waals surface area contributed by atoms with E-state index < -0.39 is 0 Å². The Morgan fingerprint density at radius 3 is 2.50 bits per heavy atom. The molecule has 0 spiro atoms. The van der Waals surface area contributed by atoms with Crippen LogP contribution in [0.4, 0.5) is 0 Å². The molecule has 0 aliphatic rings. The molecule has 18 heavy (non-hydrogen) atoms. The van der Waals surface area contributed by atoms with Crippen molar-refractivity contribution in [3.63, 3.8) is 0 Å². The van der Waals surface area contributed by atoms with E-state index in [1.54, 1.807) is 6.07 Å². The van der Waals surface area contributed by atoms with Crippen molar-refractivity contribution in [1.29, 1.82) is 0 Å². The lowest BCUT2D eigenvalue weighted by atomic mass is 10.2. The van der Waals surface area contributed by atoms with Gasteiger partial charge in [0.15, 0.2) is 0 Å². The minimum Gasteiger partial charge on any atom is -0.506 e. The fourth-order valence-electron chi connectivity index (χ4n) is 1.65. The molecule has 0 amide bonds. The number of halogens is 2. The molecule has 94 valence electrons. The lowest BCUT2D eigenvalue weighted by Gasteiger charge is -2.08. The first-order valence-electron chi connectivity index (χ1n) is 5.58. The summed E-state index contributed by atoms with van der Waals surface area (Å²) in [4.78, 5) is 0. The lowest BCUT2D eigenvalue weighted by Crippen LogP contribution is -2.12. The lowest BCUT2D eigenvalue weighted by molar-refractivity contribution is 0.464. The normalized spacial score (nSPS) is 10.6. The number of rotatable bonds is 4. The Balaban J connectivity index is 1.92. The smallest absolute Gasteiger partial charge is 0.138 e. The minimum absolute atomic E-state index is 0.155. The fourth-order valence-corrected chi connectivity index (χ4v) is 2.10. The van der Waals surface area contributed by atoms with Crippen molar-refractivity contribution in [1.82, 2.24) is 5.32 Å². The van der Waals surface area contributed by atoms with Crippen molar-refractivity contribution in [2.24, 2.45) is 0 Å². The van der Waals surface area contributed by atoms with Gasteiger partial charge in [-0.05, 0) is 23.8 Å². The second kappa shape index (κ2) is 6.23. The maximum atomic E-state index is 9.75. The minimum atomic E-state index is 0.155. The van der Waals surface area contributed by atoms with E-state index >= 15 is 0 Å². The van der Waals surface area contributed by atoms with E-state index in [1.807, 2.05) is 24.3 Å². The highest BCUT2D eigenvalue weighted by atomic mass is 79.9. The van der Waals surface area contributed by atoms with E-state index in [0.29, 0.717) is 11.6 Å². The van der Waals surface area contributed by atoms with Gasteiger partial charge in [-0.2, -0.15) is 0 Å². The Kier molecular flexibility index (Phi) is 4.64. The molecule has 0 atom stereocenters. The van der Waals surface area contributed by atoms with Gasteiger partial charge in [0.1, 0.15) is 5.75 Å². The molecule has 0 radical (unpaired) electrons. The third-order valence-electron chi connectivity index (χ3n) is 2.63. The molecule has 0 aliphatic heterocycles. The number of benzene rings is 2. The number of aromatic hydroxyl groups is 1. The quantitative estimate of drug-likeness (QED) is 0.886. The number of para-hydroxylation sites is 1. The summed E-state index contributed by atoms with van der Waals surface area (Å²) in [5.41, 5.74) is 2.00. The summed E-state index contributed by atoms with van der Waals surface area (Å²) in [6.07, 6.45) is 0. The van der Waals surface area contributed by atoms with Crippen molar-refractivity contribution in [3.8, 4) is 5.75 Å². The largest absolute Gasteiger partial charge is 0.506 e. The molecule has 0 unspecified atom stereocenters. The second-order valence-corrected chi connectivity index (χ2v) is 5.30. The van der Waals surface area contributed by atoms with E-state index in [-0.39, 0.29) is 5.75 Å². The van der Waals surface area contributed by atoms with Gasteiger partial charge in [0, 0.05) is 23.1 Å². The second-order valence-electron chi connectivity index (χ2n) is 3.98. The molecule has 0 aromatic heterocycles. The summed E-state index contributed by atoms with van der Waals surface area (Å²) < 4.78 is 1.07. The van der Waals surface area contributed by atoms with Crippen LogP contribution in [0.2, 0.25) is 5.02 Å². The van der Waals surface area contributed by atoms with Gasteiger partial charge < -0.3 is 10.4 Å². The van der Waals surface area contributed by atoms with Crippen molar-refractivity contribution in [2.75, 3.05) is 0 Å². The summed E-state index contributed by atoms with van der Waals surface area (Å²) >= 11 is 9.24. The third-order valence-corrected chi connectivity index (χ3v) is 3.46. The van der Waals surface area contributed by atoms with Crippen molar-refractivity contribution in [2.45, 2.75) is 13.1 Å². The van der Waals surface area contributed by atoms with Crippen LogP contribution in [-0.4, -0.2) is 5.11 Å². The van der Waals surface area contributed by atoms with E-state index in [4.69, 9.17) is 11.6 Å². The van der Waals surface area contributed by atoms with E-state index in [9.17, 15) is 5.11 Å². The summed E-state index contributed by atoms with van der Waals surface area (Å²) in [5.74, 6) is 0.155. The molecule has 0 fully saturated rings. The molecule has 2 rings (SSSR count). The van der Waals surface area contributed by atoms with Crippen LogP contribution < -0.4 is 5.32 Å². The topological polar surface area (TPSA) is 32.3 Å². The zero-order valence-corrected chi connectivity index (χ0v) is 12.0. The molecule has 2 aromatic carbocycles. The van der Waals surface area contributed by atoms with Gasteiger partial charge in [-0.15, -0.1) is 0 Å². The van der Waals surface area contributed by atoms with Crippen LogP contribution in [0.25, 0.3) is 0 Å². The maximum absolute atomic E-state index is 9.75. The molecule has 0 saturated heterocycles. The van der Waals surface area contributed by atoms with Crippen LogP contribution >= 0.6 is 27.5 Å². The van der Waals surface area contributed by atoms with Crippen LogP contribution in [0.3, 0.4) is 0 Å². The van der Waals surface area contributed by atoms with Gasteiger partial charge in [0.05, 0.1) is 5.02 Å². The van der Waals surface area contributed by atoms with Crippen LogP contribution in [0, 0.1) is 0 Å². The molecule has 0 aliphatic carbocycles. The van der Waals surface area contributed by atoms with E-state index in [1.165, 1.54) is 5.56 Å². The summed E-state index contributed by atoms with van der Waals surface area (Å²) in [6, 6.07) is 13.5. The SMILES string of the molecule is Oc1c(Cl)cccc1CNCc1ccc(Br)cc1. The Hall–Kier alpha value is -1.03. The Morgan fingerprint density at radius 1 is 1.06 bits per heavy atom. The molecule has 0 saturated carbocycles. The molecule has 2 nitrogen and oxygen atoms in total. The first kappa shape index (κ1) is 13.4. The molecular formula is C14H13BrClNO. The first-order valence-corrected chi connectivity index (χ1v) is 6.75. The molecule has 4 heteroatoms. The van der Waals surface area contributed by atoms with Crippen molar-refractivity contribution < 1.29 is 5.11 Å².